The van der Waals surface area contributed by atoms with Crippen molar-refractivity contribution in [3.05, 3.63) is 11.9 Å². The Morgan fingerprint density at radius 1 is 1.56 bits per heavy atom. The predicted octanol–water partition coefficient (Wildman–Crippen LogP) is 1.85. The average molecular weight is 244 g/mol. The molecule has 0 aliphatic heterocycles. The van der Waals surface area contributed by atoms with E-state index in [2.05, 4.69) is 16.9 Å². The van der Waals surface area contributed by atoms with Gasteiger partial charge in [0.25, 0.3) is 0 Å². The second-order valence-electron chi connectivity index (χ2n) is 3.91. The summed E-state index contributed by atoms with van der Waals surface area (Å²) < 4.78 is 5.32. The summed E-state index contributed by atoms with van der Waals surface area (Å²) in [4.78, 5) is 7.39. The first-order valence-electron chi connectivity index (χ1n) is 5.58. The number of hydrogen-bond donors (Lipinski definition) is 2. The lowest BCUT2D eigenvalue weighted by Crippen LogP contribution is -2.20. The van der Waals surface area contributed by atoms with Crippen LogP contribution in [-0.2, 0) is 11.2 Å². The Morgan fingerprint density at radius 3 is 2.88 bits per heavy atom. The van der Waals surface area contributed by atoms with Gasteiger partial charge in [-0.1, -0.05) is 18.7 Å². The summed E-state index contributed by atoms with van der Waals surface area (Å²) in [6.45, 7) is 6.37. The van der Waals surface area contributed by atoms with E-state index < -0.39 is 6.10 Å². The third-order valence-corrected chi connectivity index (χ3v) is 3.05. The predicted molar refractivity (Wildman–Crippen MR) is 65.8 cm³/mol. The number of aromatic nitrogens is 2. The smallest absolute Gasteiger partial charge is 0.165 e. The number of aromatic amines is 1. The van der Waals surface area contributed by atoms with Crippen LogP contribution in [-0.4, -0.2) is 39.6 Å². The van der Waals surface area contributed by atoms with Crippen molar-refractivity contribution in [2.45, 2.75) is 44.6 Å². The molecule has 0 spiro atoms. The lowest BCUT2D eigenvalue weighted by molar-refractivity contribution is 0.0152. The van der Waals surface area contributed by atoms with Gasteiger partial charge in [-0.15, -0.1) is 0 Å². The van der Waals surface area contributed by atoms with Crippen molar-refractivity contribution in [2.75, 3.05) is 12.4 Å². The fourth-order valence-corrected chi connectivity index (χ4v) is 1.90. The van der Waals surface area contributed by atoms with Crippen LogP contribution in [0.1, 0.15) is 26.5 Å². The van der Waals surface area contributed by atoms with Gasteiger partial charge in [0.2, 0.25) is 0 Å². The van der Waals surface area contributed by atoms with Gasteiger partial charge in [-0.3, -0.25) is 0 Å². The third kappa shape index (κ3) is 5.01. The van der Waals surface area contributed by atoms with Gasteiger partial charge in [0.05, 0.1) is 18.8 Å². The van der Waals surface area contributed by atoms with E-state index >= 15 is 0 Å². The Morgan fingerprint density at radius 2 is 2.31 bits per heavy atom. The number of thioether (sulfide) groups is 1. The van der Waals surface area contributed by atoms with Gasteiger partial charge in [0.15, 0.2) is 5.16 Å². The molecule has 5 heteroatoms. The van der Waals surface area contributed by atoms with Crippen LogP contribution in [0.25, 0.3) is 0 Å². The van der Waals surface area contributed by atoms with Crippen molar-refractivity contribution in [1.29, 1.82) is 0 Å². The standard InChI is InChI=1S/C11H20N2O2S/c1-4-9-5-12-11(13-9)16-7-10(14)6-15-8(2)3/h5,8,10,14H,4,6-7H2,1-3H3,(H,12,13). The topological polar surface area (TPSA) is 58.1 Å². The van der Waals surface area contributed by atoms with Crippen LogP contribution < -0.4 is 0 Å². The molecule has 92 valence electrons. The van der Waals surface area contributed by atoms with E-state index in [0.717, 1.165) is 17.3 Å². The Labute approximate surface area is 101 Å². The first-order chi connectivity index (χ1) is 7.61. The molecular formula is C11H20N2O2S. The van der Waals surface area contributed by atoms with Crippen molar-refractivity contribution in [2.24, 2.45) is 0 Å². The molecule has 0 saturated carbocycles. The van der Waals surface area contributed by atoms with E-state index in [4.69, 9.17) is 4.74 Å². The van der Waals surface area contributed by atoms with E-state index in [1.54, 1.807) is 0 Å². The fraction of sp³-hybridized carbons (Fsp3) is 0.727. The van der Waals surface area contributed by atoms with Gasteiger partial charge < -0.3 is 14.8 Å². The number of imidazole rings is 1. The van der Waals surface area contributed by atoms with Gasteiger partial charge in [-0.2, -0.15) is 0 Å². The fourth-order valence-electron chi connectivity index (χ4n) is 1.12. The number of hydrogen-bond acceptors (Lipinski definition) is 4. The minimum atomic E-state index is -0.442. The summed E-state index contributed by atoms with van der Waals surface area (Å²) in [5.74, 6) is 0.601. The molecule has 0 fully saturated rings. The van der Waals surface area contributed by atoms with Crippen LogP contribution in [0.3, 0.4) is 0 Å². The zero-order valence-electron chi connectivity index (χ0n) is 10.1. The highest BCUT2D eigenvalue weighted by Crippen LogP contribution is 2.15. The summed E-state index contributed by atoms with van der Waals surface area (Å²) in [5, 5.41) is 10.5. The first kappa shape index (κ1) is 13.5. The largest absolute Gasteiger partial charge is 0.390 e. The first-order valence-corrected chi connectivity index (χ1v) is 6.56. The van der Waals surface area contributed by atoms with Gasteiger partial charge in [-0.05, 0) is 20.3 Å². The van der Waals surface area contributed by atoms with Crippen molar-refractivity contribution in [3.63, 3.8) is 0 Å². The summed E-state index contributed by atoms with van der Waals surface area (Å²) in [6.07, 6.45) is 2.50. The highest BCUT2D eigenvalue weighted by Gasteiger charge is 2.08. The van der Waals surface area contributed by atoms with E-state index in [9.17, 15) is 5.11 Å². The second-order valence-corrected chi connectivity index (χ2v) is 4.92. The summed E-state index contributed by atoms with van der Waals surface area (Å²) in [7, 11) is 0. The Balaban J connectivity index is 2.23. The SMILES string of the molecule is CCc1cnc(SCC(O)COC(C)C)[nH]1. The summed E-state index contributed by atoms with van der Waals surface area (Å²) in [6, 6.07) is 0. The van der Waals surface area contributed by atoms with Crippen LogP contribution >= 0.6 is 11.8 Å². The molecule has 1 aromatic heterocycles. The maximum Gasteiger partial charge on any atom is 0.165 e. The van der Waals surface area contributed by atoms with Crippen LogP contribution in [0, 0.1) is 0 Å². The normalized spacial score (nSPS) is 13.3. The van der Waals surface area contributed by atoms with Gasteiger partial charge >= 0.3 is 0 Å². The molecular weight excluding hydrogens is 224 g/mol. The maximum absolute atomic E-state index is 9.64. The molecule has 0 bridgehead atoms. The zero-order chi connectivity index (χ0) is 12.0. The molecule has 16 heavy (non-hydrogen) atoms. The molecule has 1 rings (SSSR count). The third-order valence-electron chi connectivity index (χ3n) is 2.02. The minimum absolute atomic E-state index is 0.162. The molecule has 0 saturated heterocycles. The molecule has 0 aromatic carbocycles. The highest BCUT2D eigenvalue weighted by molar-refractivity contribution is 7.99. The summed E-state index contributed by atoms with van der Waals surface area (Å²) >= 11 is 1.52. The molecule has 0 aliphatic rings. The maximum atomic E-state index is 9.64. The van der Waals surface area contributed by atoms with Crippen molar-refractivity contribution in [1.82, 2.24) is 9.97 Å². The molecule has 1 atom stereocenters. The molecule has 4 nitrogen and oxygen atoms in total. The number of aliphatic hydroxyl groups excluding tert-OH is 1. The molecule has 0 aliphatic carbocycles. The number of H-pyrrole nitrogens is 1. The van der Waals surface area contributed by atoms with Crippen molar-refractivity contribution < 1.29 is 9.84 Å². The molecule has 1 aromatic rings. The average Bonchev–Trinajstić information content (AvgIpc) is 2.71. The molecule has 0 radical (unpaired) electrons. The summed E-state index contributed by atoms with van der Waals surface area (Å²) in [5.41, 5.74) is 1.12. The van der Waals surface area contributed by atoms with E-state index in [1.807, 2.05) is 20.0 Å². The Hall–Kier alpha value is -0.520. The molecule has 2 N–H and O–H groups in total. The minimum Gasteiger partial charge on any atom is -0.390 e. The zero-order valence-corrected chi connectivity index (χ0v) is 10.9. The lowest BCUT2D eigenvalue weighted by atomic mass is 10.4. The molecule has 1 heterocycles. The second kappa shape index (κ2) is 6.93. The van der Waals surface area contributed by atoms with Crippen molar-refractivity contribution in [3.8, 4) is 0 Å². The highest BCUT2D eigenvalue weighted by atomic mass is 32.2. The van der Waals surface area contributed by atoms with Crippen LogP contribution in [0.5, 0.6) is 0 Å². The van der Waals surface area contributed by atoms with Crippen LogP contribution in [0.15, 0.2) is 11.4 Å². The van der Waals surface area contributed by atoms with Gasteiger partial charge in [-0.25, -0.2) is 4.98 Å². The number of rotatable bonds is 7. The molecule has 0 amide bonds. The van der Waals surface area contributed by atoms with E-state index in [1.165, 1.54) is 11.8 Å². The van der Waals surface area contributed by atoms with Crippen LogP contribution in [0.2, 0.25) is 0 Å². The Bertz CT molecular complexity index is 302. The number of nitrogens with zero attached hydrogens (tertiary/aromatic N) is 1. The van der Waals surface area contributed by atoms with E-state index in [0.29, 0.717) is 12.4 Å². The van der Waals surface area contributed by atoms with Crippen LogP contribution in [0.4, 0.5) is 0 Å². The number of aliphatic hydroxyl groups is 1. The van der Waals surface area contributed by atoms with E-state index in [-0.39, 0.29) is 6.10 Å². The van der Waals surface area contributed by atoms with Gasteiger partial charge in [0.1, 0.15) is 0 Å². The lowest BCUT2D eigenvalue weighted by Gasteiger charge is -2.12. The van der Waals surface area contributed by atoms with Gasteiger partial charge in [0, 0.05) is 17.6 Å². The Kier molecular flexibility index (Phi) is 5.87. The van der Waals surface area contributed by atoms with Crippen molar-refractivity contribution >= 4 is 11.8 Å². The quantitative estimate of drug-likeness (QED) is 0.719. The molecule has 1 unspecified atom stereocenters. The number of aryl methyl sites for hydroxylation is 1. The monoisotopic (exact) mass is 244 g/mol. The number of nitrogens with one attached hydrogen (secondary N) is 1. The number of ether oxygens (including phenoxy) is 1.